The fourth-order valence-electron chi connectivity index (χ4n) is 2.00. The maximum atomic E-state index is 12.0. The molecule has 0 aliphatic heterocycles. The highest BCUT2D eigenvalue weighted by Crippen LogP contribution is 2.21. The number of nitrogens with one attached hydrogen (secondary N) is 1. The van der Waals surface area contributed by atoms with Gasteiger partial charge in [0, 0.05) is 12.1 Å². The van der Waals surface area contributed by atoms with Gasteiger partial charge in [-0.2, -0.15) is 0 Å². The zero-order chi connectivity index (χ0) is 17.5. The standard InChI is InChI=1S/C18H25NO4/c1-6-7-13-8-9-14(10-11-16(20)22-5)15(12-13)19-17(21)23-18(2,3)4/h6,8-9,12H,1,7,10-11H2,2-5H3,(H,19,21). The van der Waals surface area contributed by atoms with E-state index in [0.717, 1.165) is 11.1 Å². The Hall–Kier alpha value is -2.30. The molecule has 0 heterocycles. The lowest BCUT2D eigenvalue weighted by molar-refractivity contribution is -0.140. The summed E-state index contributed by atoms with van der Waals surface area (Å²) in [5.74, 6) is -0.289. The maximum Gasteiger partial charge on any atom is 0.412 e. The molecule has 0 aliphatic rings. The van der Waals surface area contributed by atoms with Gasteiger partial charge in [0.1, 0.15) is 5.60 Å². The van der Waals surface area contributed by atoms with E-state index in [4.69, 9.17) is 4.74 Å². The van der Waals surface area contributed by atoms with Crippen molar-refractivity contribution in [2.24, 2.45) is 0 Å². The molecule has 0 bridgehead atoms. The van der Waals surface area contributed by atoms with Gasteiger partial charge in [0.15, 0.2) is 0 Å². The number of aryl methyl sites for hydroxylation is 1. The van der Waals surface area contributed by atoms with E-state index in [9.17, 15) is 9.59 Å². The highest BCUT2D eigenvalue weighted by Gasteiger charge is 2.17. The monoisotopic (exact) mass is 319 g/mol. The largest absolute Gasteiger partial charge is 0.469 e. The second-order valence-electron chi connectivity index (χ2n) is 6.19. The molecular weight excluding hydrogens is 294 g/mol. The molecule has 0 saturated heterocycles. The molecule has 0 saturated carbocycles. The van der Waals surface area contributed by atoms with Crippen LogP contribution in [0.1, 0.15) is 38.3 Å². The van der Waals surface area contributed by atoms with Crippen LogP contribution < -0.4 is 5.32 Å². The van der Waals surface area contributed by atoms with Gasteiger partial charge in [-0.05, 0) is 50.8 Å². The third-order valence-corrected chi connectivity index (χ3v) is 3.02. The summed E-state index contributed by atoms with van der Waals surface area (Å²) in [4.78, 5) is 23.3. The Morgan fingerprint density at radius 2 is 2.00 bits per heavy atom. The van der Waals surface area contributed by atoms with Crippen LogP contribution in [0.4, 0.5) is 10.5 Å². The van der Waals surface area contributed by atoms with Crippen molar-refractivity contribution in [1.29, 1.82) is 0 Å². The lowest BCUT2D eigenvalue weighted by atomic mass is 10.0. The smallest absolute Gasteiger partial charge is 0.412 e. The zero-order valence-corrected chi connectivity index (χ0v) is 14.3. The first-order valence-corrected chi connectivity index (χ1v) is 7.54. The van der Waals surface area contributed by atoms with Gasteiger partial charge in [-0.25, -0.2) is 4.79 Å². The summed E-state index contributed by atoms with van der Waals surface area (Å²) < 4.78 is 9.94. The molecule has 0 fully saturated rings. The summed E-state index contributed by atoms with van der Waals surface area (Å²) in [5.41, 5.74) is 1.94. The zero-order valence-electron chi connectivity index (χ0n) is 14.3. The lowest BCUT2D eigenvalue weighted by Crippen LogP contribution is -2.27. The molecular formula is C18H25NO4. The number of allylic oxidation sites excluding steroid dienone is 1. The molecule has 5 heteroatoms. The number of ether oxygens (including phenoxy) is 2. The van der Waals surface area contributed by atoms with Gasteiger partial charge in [0.05, 0.1) is 7.11 Å². The van der Waals surface area contributed by atoms with Crippen LogP contribution in [0.3, 0.4) is 0 Å². The topological polar surface area (TPSA) is 64.6 Å². The highest BCUT2D eigenvalue weighted by molar-refractivity contribution is 5.86. The molecule has 0 radical (unpaired) electrons. The Labute approximate surface area is 137 Å². The van der Waals surface area contributed by atoms with Crippen LogP contribution in [-0.4, -0.2) is 24.8 Å². The van der Waals surface area contributed by atoms with E-state index in [1.54, 1.807) is 26.8 Å². The first-order valence-electron chi connectivity index (χ1n) is 7.54. The number of methoxy groups -OCH3 is 1. The molecule has 0 aliphatic carbocycles. The summed E-state index contributed by atoms with van der Waals surface area (Å²) in [6.07, 6.45) is 2.69. The van der Waals surface area contributed by atoms with Crippen molar-refractivity contribution >= 4 is 17.7 Å². The molecule has 23 heavy (non-hydrogen) atoms. The Morgan fingerprint density at radius 1 is 1.30 bits per heavy atom. The van der Waals surface area contributed by atoms with Crippen LogP contribution in [0, 0.1) is 0 Å². The molecule has 126 valence electrons. The van der Waals surface area contributed by atoms with E-state index in [-0.39, 0.29) is 12.4 Å². The van der Waals surface area contributed by atoms with E-state index in [2.05, 4.69) is 16.6 Å². The molecule has 0 atom stereocenters. The number of hydrogen-bond acceptors (Lipinski definition) is 4. The third-order valence-electron chi connectivity index (χ3n) is 3.02. The third kappa shape index (κ3) is 7.00. The van der Waals surface area contributed by atoms with Crippen LogP contribution >= 0.6 is 0 Å². The fraction of sp³-hybridized carbons (Fsp3) is 0.444. The quantitative estimate of drug-likeness (QED) is 0.638. The van der Waals surface area contributed by atoms with Gasteiger partial charge in [-0.15, -0.1) is 6.58 Å². The van der Waals surface area contributed by atoms with Gasteiger partial charge in [-0.1, -0.05) is 18.2 Å². The van der Waals surface area contributed by atoms with Crippen molar-refractivity contribution < 1.29 is 19.1 Å². The van der Waals surface area contributed by atoms with Gasteiger partial charge < -0.3 is 9.47 Å². The minimum atomic E-state index is -0.574. The summed E-state index contributed by atoms with van der Waals surface area (Å²) in [6, 6.07) is 5.72. The molecule has 5 nitrogen and oxygen atoms in total. The van der Waals surface area contributed by atoms with Crippen LogP contribution in [0.5, 0.6) is 0 Å². The lowest BCUT2D eigenvalue weighted by Gasteiger charge is -2.20. The Morgan fingerprint density at radius 3 is 2.57 bits per heavy atom. The van der Waals surface area contributed by atoms with E-state index >= 15 is 0 Å². The van der Waals surface area contributed by atoms with Crippen molar-refractivity contribution in [3.05, 3.63) is 42.0 Å². The Balaban J connectivity index is 2.93. The number of amides is 1. The molecule has 1 N–H and O–H groups in total. The summed E-state index contributed by atoms with van der Waals surface area (Å²) >= 11 is 0. The number of carbonyl (C=O) groups excluding carboxylic acids is 2. The highest BCUT2D eigenvalue weighted by atomic mass is 16.6. The number of carbonyl (C=O) groups is 2. The molecule has 1 aromatic rings. The van der Waals surface area contributed by atoms with Gasteiger partial charge in [0.2, 0.25) is 0 Å². The summed E-state index contributed by atoms with van der Waals surface area (Å²) in [7, 11) is 1.36. The van der Waals surface area contributed by atoms with E-state index in [1.807, 2.05) is 18.2 Å². The first kappa shape index (κ1) is 18.7. The molecule has 1 amide bonds. The SMILES string of the molecule is C=CCc1ccc(CCC(=O)OC)c(NC(=O)OC(C)(C)C)c1. The second kappa shape index (κ2) is 8.36. The average molecular weight is 319 g/mol. The number of benzene rings is 1. The fourth-order valence-corrected chi connectivity index (χ4v) is 2.00. The predicted octanol–water partition coefficient (Wildman–Crippen LogP) is 3.87. The molecule has 1 rings (SSSR count). The molecule has 0 aromatic heterocycles. The van der Waals surface area contributed by atoms with Crippen molar-refractivity contribution in [2.45, 2.75) is 45.6 Å². The Kier molecular flexibility index (Phi) is 6.82. The first-order chi connectivity index (χ1) is 10.7. The van der Waals surface area contributed by atoms with Crippen LogP contribution in [0.25, 0.3) is 0 Å². The average Bonchev–Trinajstić information content (AvgIpc) is 2.44. The number of rotatable bonds is 6. The van der Waals surface area contributed by atoms with E-state index in [1.165, 1.54) is 7.11 Å². The van der Waals surface area contributed by atoms with Crippen molar-refractivity contribution in [3.63, 3.8) is 0 Å². The van der Waals surface area contributed by atoms with Crippen LogP contribution in [0.2, 0.25) is 0 Å². The minimum absolute atomic E-state index is 0.250. The van der Waals surface area contributed by atoms with E-state index in [0.29, 0.717) is 18.5 Å². The Bertz CT molecular complexity index is 573. The summed E-state index contributed by atoms with van der Waals surface area (Å²) in [6.45, 7) is 9.13. The van der Waals surface area contributed by atoms with Crippen molar-refractivity contribution in [2.75, 3.05) is 12.4 Å². The van der Waals surface area contributed by atoms with Crippen molar-refractivity contribution in [3.8, 4) is 0 Å². The van der Waals surface area contributed by atoms with Gasteiger partial charge in [-0.3, -0.25) is 10.1 Å². The molecule has 1 aromatic carbocycles. The maximum absolute atomic E-state index is 12.0. The molecule has 0 spiro atoms. The van der Waals surface area contributed by atoms with Gasteiger partial charge in [0.25, 0.3) is 0 Å². The summed E-state index contributed by atoms with van der Waals surface area (Å²) in [5, 5.41) is 2.76. The van der Waals surface area contributed by atoms with Crippen molar-refractivity contribution in [1.82, 2.24) is 0 Å². The van der Waals surface area contributed by atoms with Crippen LogP contribution in [-0.2, 0) is 27.1 Å². The van der Waals surface area contributed by atoms with E-state index < -0.39 is 11.7 Å². The second-order valence-corrected chi connectivity index (χ2v) is 6.19. The number of hydrogen-bond donors (Lipinski definition) is 1. The van der Waals surface area contributed by atoms with Crippen LogP contribution in [0.15, 0.2) is 30.9 Å². The normalized spacial score (nSPS) is 10.8. The number of esters is 1. The number of anilines is 1. The molecule has 0 unspecified atom stereocenters. The predicted molar refractivity (Wildman–Crippen MR) is 90.5 cm³/mol. The van der Waals surface area contributed by atoms with Gasteiger partial charge >= 0.3 is 12.1 Å². The minimum Gasteiger partial charge on any atom is -0.469 e.